The smallest absolute Gasteiger partial charge is 0.244 e. The van der Waals surface area contributed by atoms with Gasteiger partial charge in [-0.3, -0.25) is 4.79 Å². The average Bonchev–Trinajstić information content (AvgIpc) is 3.11. The van der Waals surface area contributed by atoms with E-state index in [1.807, 2.05) is 19.1 Å². The van der Waals surface area contributed by atoms with Crippen LogP contribution in [0.4, 0.5) is 11.4 Å². The molecular weight excluding hydrogens is 250 g/mol. The van der Waals surface area contributed by atoms with E-state index in [0.29, 0.717) is 0 Å². The summed E-state index contributed by atoms with van der Waals surface area (Å²) in [6, 6.07) is 8.20. The van der Waals surface area contributed by atoms with Gasteiger partial charge >= 0.3 is 0 Å². The van der Waals surface area contributed by atoms with Gasteiger partial charge < -0.3 is 15.5 Å². The molecule has 2 aliphatic heterocycles. The molecule has 1 aromatic carbocycles. The zero-order chi connectivity index (χ0) is 14.0. The lowest BCUT2D eigenvalue weighted by molar-refractivity contribution is -0.121. The molecule has 20 heavy (non-hydrogen) atoms. The molecular formula is C16H23N3O. The molecule has 1 aromatic rings. The normalized spacial score (nSPS) is 25.9. The van der Waals surface area contributed by atoms with Crippen LogP contribution in [0.1, 0.15) is 32.6 Å². The third-order valence-corrected chi connectivity index (χ3v) is 4.45. The van der Waals surface area contributed by atoms with Crippen LogP contribution in [0.5, 0.6) is 0 Å². The first kappa shape index (κ1) is 13.4. The van der Waals surface area contributed by atoms with Crippen molar-refractivity contribution < 1.29 is 4.79 Å². The quantitative estimate of drug-likeness (QED) is 0.888. The number of hydrogen-bond acceptors (Lipinski definition) is 3. The summed E-state index contributed by atoms with van der Waals surface area (Å²) >= 11 is 0. The summed E-state index contributed by atoms with van der Waals surface area (Å²) in [5.74, 6) is 0.0774. The molecule has 2 heterocycles. The van der Waals surface area contributed by atoms with Crippen molar-refractivity contribution in [2.45, 2.75) is 38.1 Å². The fourth-order valence-electron chi connectivity index (χ4n) is 3.11. The number of nitrogens with one attached hydrogen (secondary N) is 2. The van der Waals surface area contributed by atoms with Crippen LogP contribution in [0.3, 0.4) is 0 Å². The number of carbonyl (C=O) groups excluding carboxylic acids is 1. The number of anilines is 2. The van der Waals surface area contributed by atoms with Gasteiger partial charge in [-0.25, -0.2) is 0 Å². The van der Waals surface area contributed by atoms with Crippen LogP contribution >= 0.6 is 0 Å². The van der Waals surface area contributed by atoms with E-state index < -0.39 is 5.54 Å². The predicted molar refractivity (Wildman–Crippen MR) is 82.2 cm³/mol. The number of hydrogen-bond donors (Lipinski definition) is 2. The highest BCUT2D eigenvalue weighted by molar-refractivity contribution is 5.98. The third-order valence-electron chi connectivity index (χ3n) is 4.45. The van der Waals surface area contributed by atoms with Gasteiger partial charge in [-0.1, -0.05) is 6.07 Å². The Bertz CT molecular complexity index is 488. The monoisotopic (exact) mass is 273 g/mol. The summed E-state index contributed by atoms with van der Waals surface area (Å²) in [5, 5.41) is 6.36. The van der Waals surface area contributed by atoms with Crippen LogP contribution in [0, 0.1) is 0 Å². The third kappa shape index (κ3) is 2.66. The lowest BCUT2D eigenvalue weighted by Gasteiger charge is -2.24. The van der Waals surface area contributed by atoms with Gasteiger partial charge in [-0.05, 0) is 57.4 Å². The van der Waals surface area contributed by atoms with E-state index in [4.69, 9.17) is 0 Å². The van der Waals surface area contributed by atoms with Gasteiger partial charge in [0.05, 0.1) is 5.54 Å². The van der Waals surface area contributed by atoms with Crippen LogP contribution in [0.25, 0.3) is 0 Å². The van der Waals surface area contributed by atoms with Crippen molar-refractivity contribution >= 4 is 17.3 Å². The van der Waals surface area contributed by atoms with Gasteiger partial charge in [0.15, 0.2) is 0 Å². The molecule has 2 aliphatic rings. The number of benzene rings is 1. The largest absolute Gasteiger partial charge is 0.371 e. The molecule has 1 unspecified atom stereocenters. The molecule has 1 amide bonds. The molecule has 2 N–H and O–H groups in total. The summed E-state index contributed by atoms with van der Waals surface area (Å²) in [6.45, 7) is 5.16. The van der Waals surface area contributed by atoms with Crippen molar-refractivity contribution in [3.63, 3.8) is 0 Å². The first-order valence-electron chi connectivity index (χ1n) is 7.59. The van der Waals surface area contributed by atoms with Gasteiger partial charge in [0, 0.05) is 24.5 Å². The van der Waals surface area contributed by atoms with Crippen LogP contribution in [0.2, 0.25) is 0 Å². The van der Waals surface area contributed by atoms with Crippen molar-refractivity contribution in [2.75, 3.05) is 29.9 Å². The van der Waals surface area contributed by atoms with Crippen LogP contribution in [0.15, 0.2) is 24.3 Å². The maximum atomic E-state index is 12.4. The Hall–Kier alpha value is -1.55. The predicted octanol–water partition coefficient (Wildman–Crippen LogP) is 2.37. The molecule has 2 saturated heterocycles. The average molecular weight is 273 g/mol. The Morgan fingerprint density at radius 1 is 1.30 bits per heavy atom. The number of rotatable bonds is 3. The van der Waals surface area contributed by atoms with Crippen molar-refractivity contribution in [1.29, 1.82) is 0 Å². The van der Waals surface area contributed by atoms with E-state index in [9.17, 15) is 4.79 Å². The maximum absolute atomic E-state index is 12.4. The van der Waals surface area contributed by atoms with Gasteiger partial charge in [0.1, 0.15) is 0 Å². The van der Waals surface area contributed by atoms with Crippen LogP contribution in [-0.2, 0) is 4.79 Å². The zero-order valence-corrected chi connectivity index (χ0v) is 12.1. The van der Waals surface area contributed by atoms with E-state index >= 15 is 0 Å². The van der Waals surface area contributed by atoms with E-state index in [1.165, 1.54) is 18.5 Å². The van der Waals surface area contributed by atoms with Gasteiger partial charge in [0.25, 0.3) is 0 Å². The second-order valence-corrected chi connectivity index (χ2v) is 6.06. The Balaban J connectivity index is 1.71. The Kier molecular flexibility index (Phi) is 3.66. The minimum atomic E-state index is -0.413. The fourth-order valence-corrected chi connectivity index (χ4v) is 3.11. The number of nitrogens with zero attached hydrogens (tertiary/aromatic N) is 1. The maximum Gasteiger partial charge on any atom is 0.244 e. The molecule has 1 atom stereocenters. The number of carbonyl (C=O) groups is 1. The van der Waals surface area contributed by atoms with Gasteiger partial charge in [0.2, 0.25) is 5.91 Å². The summed E-state index contributed by atoms with van der Waals surface area (Å²) in [5.41, 5.74) is 1.70. The van der Waals surface area contributed by atoms with Gasteiger partial charge in [-0.15, -0.1) is 0 Å². The van der Waals surface area contributed by atoms with Crippen molar-refractivity contribution in [1.82, 2.24) is 5.32 Å². The molecule has 3 rings (SSSR count). The van der Waals surface area contributed by atoms with Crippen LogP contribution < -0.4 is 15.5 Å². The molecule has 108 valence electrons. The van der Waals surface area contributed by atoms with Crippen molar-refractivity contribution in [3.8, 4) is 0 Å². The molecule has 0 bridgehead atoms. The van der Waals surface area contributed by atoms with Crippen LogP contribution in [-0.4, -0.2) is 31.1 Å². The summed E-state index contributed by atoms with van der Waals surface area (Å²) < 4.78 is 0. The highest BCUT2D eigenvalue weighted by Crippen LogP contribution is 2.25. The van der Waals surface area contributed by atoms with E-state index in [2.05, 4.69) is 27.7 Å². The molecule has 0 aromatic heterocycles. The second kappa shape index (κ2) is 5.44. The fraction of sp³-hybridized carbons (Fsp3) is 0.562. The zero-order valence-electron chi connectivity index (χ0n) is 12.1. The lowest BCUT2D eigenvalue weighted by Crippen LogP contribution is -2.47. The first-order chi connectivity index (χ1) is 9.67. The summed E-state index contributed by atoms with van der Waals surface area (Å²) in [4.78, 5) is 14.8. The topological polar surface area (TPSA) is 44.4 Å². The molecule has 2 fully saturated rings. The van der Waals surface area contributed by atoms with Crippen molar-refractivity contribution in [2.24, 2.45) is 0 Å². The summed E-state index contributed by atoms with van der Waals surface area (Å²) in [7, 11) is 0. The second-order valence-electron chi connectivity index (χ2n) is 6.06. The molecule has 4 nitrogen and oxygen atoms in total. The van der Waals surface area contributed by atoms with E-state index in [1.54, 1.807) is 0 Å². The number of amides is 1. The Labute approximate surface area is 120 Å². The summed E-state index contributed by atoms with van der Waals surface area (Å²) in [6.07, 6.45) is 4.50. The molecule has 0 aliphatic carbocycles. The lowest BCUT2D eigenvalue weighted by atomic mass is 9.99. The SMILES string of the molecule is CC1(C(=O)Nc2cccc(N3CCCC3)c2)CCCN1. The molecule has 0 spiro atoms. The Morgan fingerprint density at radius 3 is 2.80 bits per heavy atom. The molecule has 0 radical (unpaired) electrons. The van der Waals surface area contributed by atoms with Gasteiger partial charge in [-0.2, -0.15) is 0 Å². The standard InChI is InChI=1S/C16H23N3O/c1-16(8-5-9-17-16)15(20)18-13-6-4-7-14(12-13)19-10-2-3-11-19/h4,6-7,12,17H,2-3,5,8-11H2,1H3,(H,18,20). The highest BCUT2D eigenvalue weighted by Gasteiger charge is 2.35. The van der Waals surface area contributed by atoms with E-state index in [-0.39, 0.29) is 5.91 Å². The minimum Gasteiger partial charge on any atom is -0.371 e. The van der Waals surface area contributed by atoms with E-state index in [0.717, 1.165) is 38.2 Å². The Morgan fingerprint density at radius 2 is 2.10 bits per heavy atom. The highest BCUT2D eigenvalue weighted by atomic mass is 16.2. The molecule has 0 saturated carbocycles. The molecule has 4 heteroatoms. The van der Waals surface area contributed by atoms with Crippen molar-refractivity contribution in [3.05, 3.63) is 24.3 Å². The first-order valence-corrected chi connectivity index (χ1v) is 7.59. The minimum absolute atomic E-state index is 0.0774.